The summed E-state index contributed by atoms with van der Waals surface area (Å²) in [6, 6.07) is 0. The van der Waals surface area contributed by atoms with Crippen LogP contribution in [0.25, 0.3) is 0 Å². The monoisotopic (exact) mass is 240 g/mol. The second kappa shape index (κ2) is 6.16. The van der Waals surface area contributed by atoms with Gasteiger partial charge in [-0.25, -0.2) is 0 Å². The number of aliphatic hydroxyl groups excluding tert-OH is 1. The highest BCUT2D eigenvalue weighted by Gasteiger charge is 2.40. The molecule has 4 atom stereocenters. The number of hydrogen-bond acceptors (Lipinski definition) is 2. The Morgan fingerprint density at radius 3 is 2.64 bits per heavy atom. The fourth-order valence-electron chi connectivity index (χ4n) is 1.50. The quantitative estimate of drug-likeness (QED) is 0.548. The maximum absolute atomic E-state index is 9.66. The highest BCUT2D eigenvalue weighted by atomic mass is 35.5. The molecule has 0 aromatic carbocycles. The molecule has 84 valence electrons. The first-order chi connectivity index (χ1) is 6.69. The van der Waals surface area contributed by atoms with Gasteiger partial charge in [0.2, 0.25) is 0 Å². The minimum absolute atomic E-state index is 0.163. The number of rotatable bonds is 7. The minimum atomic E-state index is -0.406. The molecule has 4 heteroatoms. The van der Waals surface area contributed by atoms with E-state index in [2.05, 4.69) is 6.92 Å². The lowest BCUT2D eigenvalue weighted by Crippen LogP contribution is -2.22. The van der Waals surface area contributed by atoms with Crippen molar-refractivity contribution >= 4 is 23.2 Å². The van der Waals surface area contributed by atoms with E-state index in [4.69, 9.17) is 27.9 Å². The molecule has 1 N–H and O–H groups in total. The highest BCUT2D eigenvalue weighted by molar-refractivity contribution is 6.21. The molecule has 1 aliphatic heterocycles. The highest BCUT2D eigenvalue weighted by Crippen LogP contribution is 2.30. The zero-order chi connectivity index (χ0) is 10.6. The molecular weight excluding hydrogens is 223 g/mol. The number of hydrogen-bond donors (Lipinski definition) is 1. The Kier molecular flexibility index (Phi) is 5.53. The van der Waals surface area contributed by atoms with Crippen molar-refractivity contribution < 1.29 is 9.84 Å². The molecular formula is C10H18Cl2O2. The molecule has 0 aliphatic carbocycles. The first-order valence-electron chi connectivity index (χ1n) is 5.22. The van der Waals surface area contributed by atoms with Gasteiger partial charge in [-0.2, -0.15) is 0 Å². The SMILES string of the molecule is CCCCC(O)C(Cl)CC1OC1CCl. The summed E-state index contributed by atoms with van der Waals surface area (Å²) in [5.74, 6) is 0.527. The predicted molar refractivity (Wildman–Crippen MR) is 59.2 cm³/mol. The van der Waals surface area contributed by atoms with E-state index in [1.807, 2.05) is 0 Å². The van der Waals surface area contributed by atoms with E-state index in [1.165, 1.54) is 0 Å². The zero-order valence-corrected chi connectivity index (χ0v) is 9.97. The Balaban J connectivity index is 2.11. The molecule has 0 saturated carbocycles. The summed E-state index contributed by atoms with van der Waals surface area (Å²) in [7, 11) is 0. The molecule has 1 fully saturated rings. The summed E-state index contributed by atoms with van der Waals surface area (Å²) in [4.78, 5) is 0. The van der Waals surface area contributed by atoms with E-state index in [0.29, 0.717) is 12.3 Å². The lowest BCUT2D eigenvalue weighted by Gasteiger charge is -2.15. The van der Waals surface area contributed by atoms with Gasteiger partial charge in [-0.1, -0.05) is 19.8 Å². The lowest BCUT2D eigenvalue weighted by atomic mass is 10.1. The van der Waals surface area contributed by atoms with Gasteiger partial charge in [-0.3, -0.25) is 0 Å². The molecule has 0 aromatic heterocycles. The van der Waals surface area contributed by atoms with E-state index < -0.39 is 6.10 Å². The molecule has 1 aliphatic rings. The van der Waals surface area contributed by atoms with Crippen LogP contribution >= 0.6 is 23.2 Å². The molecule has 0 radical (unpaired) electrons. The van der Waals surface area contributed by atoms with Gasteiger partial charge in [0.1, 0.15) is 0 Å². The maximum atomic E-state index is 9.66. The smallest absolute Gasteiger partial charge is 0.0977 e. The van der Waals surface area contributed by atoms with Crippen LogP contribution in [0.3, 0.4) is 0 Å². The number of unbranched alkanes of at least 4 members (excludes halogenated alkanes) is 1. The van der Waals surface area contributed by atoms with Crippen molar-refractivity contribution in [3.8, 4) is 0 Å². The number of aliphatic hydroxyl groups is 1. The van der Waals surface area contributed by atoms with Crippen molar-refractivity contribution in [1.82, 2.24) is 0 Å². The fourth-order valence-corrected chi connectivity index (χ4v) is 2.07. The van der Waals surface area contributed by atoms with Crippen LogP contribution in [-0.2, 0) is 4.74 Å². The molecule has 4 unspecified atom stereocenters. The average Bonchev–Trinajstić information content (AvgIpc) is 2.92. The zero-order valence-electron chi connectivity index (χ0n) is 8.46. The first-order valence-corrected chi connectivity index (χ1v) is 6.19. The lowest BCUT2D eigenvalue weighted by molar-refractivity contribution is 0.149. The summed E-state index contributed by atoms with van der Waals surface area (Å²) < 4.78 is 5.26. The molecule has 14 heavy (non-hydrogen) atoms. The first kappa shape index (κ1) is 12.6. The van der Waals surface area contributed by atoms with E-state index in [9.17, 15) is 5.11 Å². The predicted octanol–water partition coefficient (Wildman–Crippen LogP) is 2.54. The molecule has 0 amide bonds. The van der Waals surface area contributed by atoms with Crippen LogP contribution < -0.4 is 0 Å². The van der Waals surface area contributed by atoms with Crippen molar-refractivity contribution in [2.75, 3.05) is 5.88 Å². The summed E-state index contributed by atoms with van der Waals surface area (Å²) in [6.07, 6.45) is 3.53. The molecule has 0 aromatic rings. The van der Waals surface area contributed by atoms with Crippen molar-refractivity contribution in [3.05, 3.63) is 0 Å². The van der Waals surface area contributed by atoms with Gasteiger partial charge in [0.15, 0.2) is 0 Å². The Bertz CT molecular complexity index is 166. The van der Waals surface area contributed by atoms with E-state index in [0.717, 1.165) is 19.3 Å². The topological polar surface area (TPSA) is 32.8 Å². The van der Waals surface area contributed by atoms with Crippen LogP contribution in [0, 0.1) is 0 Å². The second-order valence-electron chi connectivity index (χ2n) is 3.83. The van der Waals surface area contributed by atoms with Gasteiger partial charge in [-0.15, -0.1) is 23.2 Å². The van der Waals surface area contributed by atoms with Gasteiger partial charge in [0.25, 0.3) is 0 Å². The number of halogens is 2. The number of epoxide rings is 1. The number of alkyl halides is 2. The van der Waals surface area contributed by atoms with Crippen LogP contribution in [-0.4, -0.2) is 34.7 Å². The molecule has 0 spiro atoms. The van der Waals surface area contributed by atoms with Crippen molar-refractivity contribution in [1.29, 1.82) is 0 Å². The van der Waals surface area contributed by atoms with Crippen molar-refractivity contribution in [2.45, 2.75) is 56.3 Å². The van der Waals surface area contributed by atoms with Gasteiger partial charge >= 0.3 is 0 Å². The van der Waals surface area contributed by atoms with Crippen LogP contribution in [0.5, 0.6) is 0 Å². The molecule has 1 saturated heterocycles. The third kappa shape index (κ3) is 3.93. The fraction of sp³-hybridized carbons (Fsp3) is 1.00. The summed E-state index contributed by atoms with van der Waals surface area (Å²) in [5, 5.41) is 9.47. The maximum Gasteiger partial charge on any atom is 0.0977 e. The second-order valence-corrected chi connectivity index (χ2v) is 4.70. The van der Waals surface area contributed by atoms with Crippen LogP contribution in [0.1, 0.15) is 32.6 Å². The van der Waals surface area contributed by atoms with Gasteiger partial charge in [0.05, 0.1) is 29.6 Å². The van der Waals surface area contributed by atoms with Crippen LogP contribution in [0.2, 0.25) is 0 Å². The summed E-state index contributed by atoms with van der Waals surface area (Å²) in [6.45, 7) is 2.10. The van der Waals surface area contributed by atoms with Crippen molar-refractivity contribution in [2.24, 2.45) is 0 Å². The number of ether oxygens (including phenoxy) is 1. The third-order valence-electron chi connectivity index (χ3n) is 2.57. The normalized spacial score (nSPS) is 30.0. The van der Waals surface area contributed by atoms with Gasteiger partial charge < -0.3 is 9.84 Å². The van der Waals surface area contributed by atoms with Gasteiger partial charge in [0, 0.05) is 0 Å². The third-order valence-corrected chi connectivity index (χ3v) is 3.34. The van der Waals surface area contributed by atoms with E-state index >= 15 is 0 Å². The Labute approximate surface area is 95.5 Å². The Hall–Kier alpha value is 0.500. The largest absolute Gasteiger partial charge is 0.392 e. The molecule has 2 nitrogen and oxygen atoms in total. The Morgan fingerprint density at radius 1 is 1.43 bits per heavy atom. The van der Waals surface area contributed by atoms with Gasteiger partial charge in [-0.05, 0) is 12.8 Å². The molecule has 1 heterocycles. The summed E-state index contributed by atoms with van der Waals surface area (Å²) >= 11 is 11.7. The molecule has 0 bridgehead atoms. The average molecular weight is 241 g/mol. The molecule has 1 rings (SSSR count). The van der Waals surface area contributed by atoms with E-state index in [-0.39, 0.29) is 17.6 Å². The summed E-state index contributed by atoms with van der Waals surface area (Å²) in [5.41, 5.74) is 0. The standard InChI is InChI=1S/C10H18Cl2O2/c1-2-3-4-8(13)7(12)5-9-10(6-11)14-9/h7-10,13H,2-6H2,1H3. The van der Waals surface area contributed by atoms with Crippen LogP contribution in [0.4, 0.5) is 0 Å². The van der Waals surface area contributed by atoms with E-state index in [1.54, 1.807) is 0 Å². The Morgan fingerprint density at radius 2 is 2.14 bits per heavy atom. The van der Waals surface area contributed by atoms with Crippen molar-refractivity contribution in [3.63, 3.8) is 0 Å². The van der Waals surface area contributed by atoms with Crippen LogP contribution in [0.15, 0.2) is 0 Å². The minimum Gasteiger partial charge on any atom is -0.392 e.